The van der Waals surface area contributed by atoms with Crippen molar-refractivity contribution in [2.75, 3.05) is 46.4 Å². The van der Waals surface area contributed by atoms with E-state index in [0.717, 1.165) is 26.2 Å². The Morgan fingerprint density at radius 2 is 2.10 bits per heavy atom. The smallest absolute Gasteiger partial charge is 0.176 e. The molecular weight excluding hydrogens is 252 g/mol. The first-order valence-electron chi connectivity index (χ1n) is 6.97. The molecule has 0 aromatic heterocycles. The number of piperazine rings is 1. The first-order chi connectivity index (χ1) is 9.69. The summed E-state index contributed by atoms with van der Waals surface area (Å²) < 4.78 is 5.46. The summed E-state index contributed by atoms with van der Waals surface area (Å²) in [5.74, 6) is 0.868. The van der Waals surface area contributed by atoms with Crippen molar-refractivity contribution in [2.24, 2.45) is 0 Å². The Morgan fingerprint density at radius 1 is 1.35 bits per heavy atom. The molecule has 1 aromatic rings. The molecule has 0 radical (unpaired) electrons. The van der Waals surface area contributed by atoms with Gasteiger partial charge in [0.25, 0.3) is 0 Å². The van der Waals surface area contributed by atoms with Crippen LogP contribution in [0.4, 0.5) is 0 Å². The summed E-state index contributed by atoms with van der Waals surface area (Å²) in [5, 5.41) is 0. The number of hydrogen-bond acceptors (Lipinski definition) is 4. The average Bonchev–Trinajstić information content (AvgIpc) is 2.48. The molecule has 0 N–H and O–H groups in total. The van der Waals surface area contributed by atoms with E-state index in [1.165, 1.54) is 0 Å². The fourth-order valence-corrected chi connectivity index (χ4v) is 2.21. The summed E-state index contributed by atoms with van der Waals surface area (Å²) >= 11 is 0. The van der Waals surface area contributed by atoms with Crippen molar-refractivity contribution < 1.29 is 9.53 Å². The maximum absolute atomic E-state index is 12.3. The largest absolute Gasteiger partial charge is 0.490 e. The Morgan fingerprint density at radius 3 is 2.80 bits per heavy atom. The highest BCUT2D eigenvalue weighted by Gasteiger charge is 2.17. The van der Waals surface area contributed by atoms with Gasteiger partial charge >= 0.3 is 0 Å². The fraction of sp³-hybridized carbons (Fsp3) is 0.438. The topological polar surface area (TPSA) is 32.8 Å². The number of carbonyl (C=O) groups is 1. The summed E-state index contributed by atoms with van der Waals surface area (Å²) in [6.07, 6.45) is 1.69. The lowest BCUT2D eigenvalue weighted by molar-refractivity contribution is 0.0876. The number of Topliss-reactive ketones (excluding diaryl/α,β-unsaturated/α-hetero) is 1. The fourth-order valence-electron chi connectivity index (χ4n) is 2.21. The predicted molar refractivity (Wildman–Crippen MR) is 80.4 cm³/mol. The first kappa shape index (κ1) is 14.8. The monoisotopic (exact) mass is 274 g/mol. The molecular formula is C16H22N2O2. The van der Waals surface area contributed by atoms with Crippen LogP contribution in [-0.4, -0.2) is 62.0 Å². The molecule has 1 aromatic carbocycles. The molecule has 0 saturated carbocycles. The zero-order valence-electron chi connectivity index (χ0n) is 12.0. The van der Waals surface area contributed by atoms with Crippen LogP contribution in [0.15, 0.2) is 36.9 Å². The standard InChI is InChI=1S/C16H22N2O2/c1-3-11-20-15-6-4-5-14(12-15)16(19)13-18-9-7-17(2)8-10-18/h3-6,12H,1,7-11,13H2,2H3. The third kappa shape index (κ3) is 4.18. The second-order valence-electron chi connectivity index (χ2n) is 5.13. The molecule has 1 saturated heterocycles. The van der Waals surface area contributed by atoms with Crippen molar-refractivity contribution in [2.45, 2.75) is 0 Å². The molecule has 0 spiro atoms. The van der Waals surface area contributed by atoms with Gasteiger partial charge in [-0.15, -0.1) is 0 Å². The lowest BCUT2D eigenvalue weighted by Gasteiger charge is -2.31. The minimum atomic E-state index is 0.151. The highest BCUT2D eigenvalue weighted by Crippen LogP contribution is 2.14. The SMILES string of the molecule is C=CCOc1cccc(C(=O)CN2CCN(C)CC2)c1. The molecule has 0 unspecified atom stereocenters. The van der Waals surface area contributed by atoms with Crippen LogP contribution in [0.1, 0.15) is 10.4 Å². The van der Waals surface area contributed by atoms with E-state index in [1.54, 1.807) is 6.08 Å². The molecule has 1 fully saturated rings. The molecule has 0 bridgehead atoms. The van der Waals surface area contributed by atoms with Crippen LogP contribution in [0.2, 0.25) is 0 Å². The van der Waals surface area contributed by atoms with E-state index >= 15 is 0 Å². The summed E-state index contributed by atoms with van der Waals surface area (Å²) in [6, 6.07) is 7.37. The highest BCUT2D eigenvalue weighted by atomic mass is 16.5. The minimum Gasteiger partial charge on any atom is -0.490 e. The molecule has 20 heavy (non-hydrogen) atoms. The molecule has 0 atom stereocenters. The van der Waals surface area contributed by atoms with E-state index in [0.29, 0.717) is 24.5 Å². The number of carbonyl (C=O) groups excluding carboxylic acids is 1. The summed E-state index contributed by atoms with van der Waals surface area (Å²) in [6.45, 7) is 8.51. The number of nitrogens with zero attached hydrogens (tertiary/aromatic N) is 2. The number of ether oxygens (including phenoxy) is 1. The Balaban J connectivity index is 1.93. The van der Waals surface area contributed by atoms with Crippen LogP contribution >= 0.6 is 0 Å². The van der Waals surface area contributed by atoms with Crippen LogP contribution in [0.25, 0.3) is 0 Å². The van der Waals surface area contributed by atoms with Crippen LogP contribution < -0.4 is 4.74 Å². The highest BCUT2D eigenvalue weighted by molar-refractivity contribution is 5.97. The van der Waals surface area contributed by atoms with Crippen LogP contribution in [0.3, 0.4) is 0 Å². The zero-order chi connectivity index (χ0) is 14.4. The maximum Gasteiger partial charge on any atom is 0.176 e. The number of ketones is 1. The van der Waals surface area contributed by atoms with Gasteiger partial charge in [-0.3, -0.25) is 9.69 Å². The Labute approximate surface area is 120 Å². The van der Waals surface area contributed by atoms with E-state index in [2.05, 4.69) is 23.4 Å². The van der Waals surface area contributed by atoms with Gasteiger partial charge < -0.3 is 9.64 Å². The third-order valence-corrected chi connectivity index (χ3v) is 3.49. The van der Waals surface area contributed by atoms with Gasteiger partial charge in [0.2, 0.25) is 0 Å². The van der Waals surface area contributed by atoms with Crippen molar-refractivity contribution in [1.82, 2.24) is 9.80 Å². The maximum atomic E-state index is 12.3. The predicted octanol–water partition coefficient (Wildman–Crippen LogP) is 1.68. The van der Waals surface area contributed by atoms with Gasteiger partial charge in [-0.1, -0.05) is 24.8 Å². The molecule has 0 amide bonds. The molecule has 0 aliphatic carbocycles. The second-order valence-corrected chi connectivity index (χ2v) is 5.13. The number of hydrogen-bond donors (Lipinski definition) is 0. The second kappa shape index (κ2) is 7.22. The van der Waals surface area contributed by atoms with Crippen molar-refractivity contribution >= 4 is 5.78 Å². The molecule has 2 rings (SSSR count). The van der Waals surface area contributed by atoms with E-state index in [1.807, 2.05) is 24.3 Å². The van der Waals surface area contributed by atoms with Gasteiger partial charge in [0.1, 0.15) is 12.4 Å². The van der Waals surface area contributed by atoms with E-state index in [9.17, 15) is 4.79 Å². The van der Waals surface area contributed by atoms with Crippen molar-refractivity contribution in [3.8, 4) is 5.75 Å². The Kier molecular flexibility index (Phi) is 5.32. The van der Waals surface area contributed by atoms with Crippen molar-refractivity contribution in [1.29, 1.82) is 0 Å². The van der Waals surface area contributed by atoms with Gasteiger partial charge in [0, 0.05) is 31.7 Å². The first-order valence-corrected chi connectivity index (χ1v) is 6.97. The van der Waals surface area contributed by atoms with Crippen LogP contribution in [0.5, 0.6) is 5.75 Å². The molecule has 4 nitrogen and oxygen atoms in total. The molecule has 1 heterocycles. The average molecular weight is 274 g/mol. The summed E-state index contributed by atoms with van der Waals surface area (Å²) in [7, 11) is 2.11. The molecule has 1 aliphatic rings. The van der Waals surface area contributed by atoms with E-state index in [4.69, 9.17) is 4.74 Å². The van der Waals surface area contributed by atoms with Crippen molar-refractivity contribution in [3.63, 3.8) is 0 Å². The zero-order valence-corrected chi connectivity index (χ0v) is 12.0. The summed E-state index contributed by atoms with van der Waals surface area (Å²) in [5.41, 5.74) is 0.713. The molecule has 108 valence electrons. The van der Waals surface area contributed by atoms with E-state index < -0.39 is 0 Å². The van der Waals surface area contributed by atoms with Gasteiger partial charge in [-0.25, -0.2) is 0 Å². The van der Waals surface area contributed by atoms with Crippen LogP contribution in [0, 0.1) is 0 Å². The Hall–Kier alpha value is -1.65. The lowest BCUT2D eigenvalue weighted by atomic mass is 10.1. The van der Waals surface area contributed by atoms with Gasteiger partial charge in [-0.2, -0.15) is 0 Å². The lowest BCUT2D eigenvalue weighted by Crippen LogP contribution is -2.46. The normalized spacial score (nSPS) is 16.9. The summed E-state index contributed by atoms with van der Waals surface area (Å²) in [4.78, 5) is 16.8. The van der Waals surface area contributed by atoms with Gasteiger partial charge in [0.05, 0.1) is 6.54 Å². The molecule has 4 heteroatoms. The number of likely N-dealkylation sites (N-methyl/N-ethyl adjacent to an activating group) is 1. The van der Waals surface area contributed by atoms with Crippen LogP contribution in [-0.2, 0) is 0 Å². The minimum absolute atomic E-state index is 0.151. The quantitative estimate of drug-likeness (QED) is 0.584. The van der Waals surface area contributed by atoms with Crippen molar-refractivity contribution in [3.05, 3.63) is 42.5 Å². The Bertz CT molecular complexity index is 465. The molecule has 1 aliphatic heterocycles. The third-order valence-electron chi connectivity index (χ3n) is 3.49. The van der Waals surface area contributed by atoms with E-state index in [-0.39, 0.29) is 5.78 Å². The number of benzene rings is 1. The number of rotatable bonds is 6. The van der Waals surface area contributed by atoms with Gasteiger partial charge in [0.15, 0.2) is 5.78 Å². The van der Waals surface area contributed by atoms with Gasteiger partial charge in [-0.05, 0) is 19.2 Å².